The lowest BCUT2D eigenvalue weighted by Gasteiger charge is -2.27. The monoisotopic (exact) mass is 301 g/mol. The first-order chi connectivity index (χ1) is 10.5. The minimum absolute atomic E-state index is 0.228. The van der Waals surface area contributed by atoms with Crippen LogP contribution in [0.1, 0.15) is 22.4 Å². The zero-order valence-corrected chi connectivity index (χ0v) is 14.1. The molecule has 2 heterocycles. The first-order valence-corrected chi connectivity index (χ1v) is 8.24. The summed E-state index contributed by atoms with van der Waals surface area (Å²) < 4.78 is 0. The third kappa shape index (κ3) is 2.69. The molecule has 1 fully saturated rings. The molecular weight excluding hydrogens is 274 g/mol. The average molecular weight is 301 g/mol. The Labute approximate surface area is 131 Å². The lowest BCUT2D eigenvalue weighted by molar-refractivity contribution is -1.01. The van der Waals surface area contributed by atoms with Gasteiger partial charge in [0.1, 0.15) is 32.7 Å². The largest absolute Gasteiger partial charge is 0.358 e. The highest BCUT2D eigenvalue weighted by atomic mass is 16.1. The molecule has 118 valence electrons. The van der Waals surface area contributed by atoms with Crippen LogP contribution in [0, 0.1) is 20.8 Å². The summed E-state index contributed by atoms with van der Waals surface area (Å²) in [6.07, 6.45) is 0. The van der Waals surface area contributed by atoms with Crippen molar-refractivity contribution < 1.29 is 9.80 Å². The molecule has 22 heavy (non-hydrogen) atoms. The van der Waals surface area contributed by atoms with Crippen molar-refractivity contribution >= 4 is 10.9 Å². The van der Waals surface area contributed by atoms with Crippen molar-refractivity contribution in [2.24, 2.45) is 0 Å². The fourth-order valence-electron chi connectivity index (χ4n) is 3.52. The maximum atomic E-state index is 13.0. The Kier molecular flexibility index (Phi) is 4.06. The Morgan fingerprint density at radius 2 is 1.68 bits per heavy atom. The number of fused-ring (bicyclic) bond motifs is 1. The van der Waals surface area contributed by atoms with Crippen LogP contribution in [0.15, 0.2) is 16.9 Å². The molecule has 0 spiro atoms. The number of rotatable bonds is 2. The maximum absolute atomic E-state index is 13.0. The fraction of sp³-hybridized carbons (Fsp3) is 0.500. The van der Waals surface area contributed by atoms with Gasteiger partial charge in [0.05, 0.1) is 18.1 Å². The maximum Gasteiger partial charge on any atom is 0.198 e. The van der Waals surface area contributed by atoms with E-state index in [4.69, 9.17) is 0 Å². The number of nitrogens with one attached hydrogen (secondary N) is 3. The van der Waals surface area contributed by atoms with E-state index in [-0.39, 0.29) is 5.43 Å². The molecule has 0 bridgehead atoms. The van der Waals surface area contributed by atoms with Crippen molar-refractivity contribution in [1.29, 1.82) is 0 Å². The molecule has 3 rings (SSSR count). The molecule has 0 atom stereocenters. The van der Waals surface area contributed by atoms with Crippen LogP contribution in [-0.2, 0) is 6.54 Å². The standard InChI is InChI=1S/C18H25N3O/c1-12-5-6-13(2)17-16(12)18(22)15(14(3)19-17)11-21-9-7-20(4)8-10-21/h5-6H,7-11H2,1-4H3,(H,19,22)/p+2. The fourth-order valence-corrected chi connectivity index (χ4v) is 3.52. The Balaban J connectivity index is 2.03. The minimum Gasteiger partial charge on any atom is -0.358 e. The van der Waals surface area contributed by atoms with Crippen LogP contribution in [0.3, 0.4) is 0 Å². The SMILES string of the molecule is Cc1[nH]c2c(C)ccc(C)c2c(=O)c1C[NH+]1CC[NH+](C)CC1. The first-order valence-electron chi connectivity index (χ1n) is 8.24. The zero-order chi connectivity index (χ0) is 15.9. The number of aromatic nitrogens is 1. The second-order valence-electron chi connectivity index (χ2n) is 6.89. The molecule has 1 aliphatic heterocycles. The number of likely N-dealkylation sites (N-methyl/N-ethyl adjacent to an activating group) is 1. The van der Waals surface area contributed by atoms with Crippen molar-refractivity contribution in [3.05, 3.63) is 44.7 Å². The van der Waals surface area contributed by atoms with Gasteiger partial charge >= 0.3 is 0 Å². The van der Waals surface area contributed by atoms with Gasteiger partial charge in [-0.15, -0.1) is 0 Å². The van der Waals surface area contributed by atoms with Gasteiger partial charge in [0, 0.05) is 11.1 Å². The van der Waals surface area contributed by atoms with Crippen molar-refractivity contribution in [2.75, 3.05) is 33.2 Å². The van der Waals surface area contributed by atoms with E-state index in [0.29, 0.717) is 0 Å². The van der Waals surface area contributed by atoms with E-state index >= 15 is 0 Å². The molecule has 1 saturated heterocycles. The first kappa shape index (κ1) is 15.3. The van der Waals surface area contributed by atoms with Gasteiger partial charge in [-0.05, 0) is 31.9 Å². The van der Waals surface area contributed by atoms with Crippen LogP contribution >= 0.6 is 0 Å². The number of piperazine rings is 1. The summed E-state index contributed by atoms with van der Waals surface area (Å²) in [5.74, 6) is 0. The molecule has 3 N–H and O–H groups in total. The number of quaternary nitrogens is 2. The highest BCUT2D eigenvalue weighted by Crippen LogP contribution is 2.18. The van der Waals surface area contributed by atoms with E-state index in [1.54, 1.807) is 4.90 Å². The van der Waals surface area contributed by atoms with Gasteiger partial charge in [-0.25, -0.2) is 0 Å². The summed E-state index contributed by atoms with van der Waals surface area (Å²) in [6, 6.07) is 4.14. The molecule has 0 saturated carbocycles. The van der Waals surface area contributed by atoms with Gasteiger partial charge in [-0.1, -0.05) is 12.1 Å². The number of H-pyrrole nitrogens is 1. The summed E-state index contributed by atoms with van der Waals surface area (Å²) >= 11 is 0. The molecule has 2 aromatic rings. The van der Waals surface area contributed by atoms with Gasteiger partial charge < -0.3 is 14.8 Å². The minimum atomic E-state index is 0.228. The van der Waals surface area contributed by atoms with E-state index in [1.165, 1.54) is 18.0 Å². The second kappa shape index (κ2) is 5.86. The second-order valence-corrected chi connectivity index (χ2v) is 6.89. The number of benzene rings is 1. The molecule has 4 nitrogen and oxygen atoms in total. The van der Waals surface area contributed by atoms with Crippen LogP contribution in [0.4, 0.5) is 0 Å². The summed E-state index contributed by atoms with van der Waals surface area (Å²) in [5.41, 5.74) is 5.44. The zero-order valence-electron chi connectivity index (χ0n) is 14.1. The average Bonchev–Trinajstić information content (AvgIpc) is 2.49. The molecule has 1 aliphatic rings. The van der Waals surface area contributed by atoms with Gasteiger partial charge in [0.15, 0.2) is 5.43 Å². The van der Waals surface area contributed by atoms with Crippen LogP contribution in [-0.4, -0.2) is 38.2 Å². The van der Waals surface area contributed by atoms with Crippen molar-refractivity contribution in [3.63, 3.8) is 0 Å². The van der Waals surface area contributed by atoms with Gasteiger partial charge in [0.2, 0.25) is 0 Å². The van der Waals surface area contributed by atoms with Crippen LogP contribution < -0.4 is 15.2 Å². The van der Waals surface area contributed by atoms with Crippen molar-refractivity contribution in [3.8, 4) is 0 Å². The van der Waals surface area contributed by atoms with Crippen LogP contribution in [0.2, 0.25) is 0 Å². The van der Waals surface area contributed by atoms with E-state index in [0.717, 1.165) is 52.9 Å². The van der Waals surface area contributed by atoms with Crippen molar-refractivity contribution in [1.82, 2.24) is 4.98 Å². The molecule has 4 heteroatoms. The lowest BCUT2D eigenvalue weighted by Crippen LogP contribution is -3.26. The Hall–Kier alpha value is -1.65. The van der Waals surface area contributed by atoms with Crippen LogP contribution in [0.5, 0.6) is 0 Å². The normalized spacial score (nSPS) is 22.2. The molecule has 0 aliphatic carbocycles. The smallest absolute Gasteiger partial charge is 0.198 e. The summed E-state index contributed by atoms with van der Waals surface area (Å²) in [7, 11) is 2.25. The van der Waals surface area contributed by atoms with E-state index in [9.17, 15) is 4.79 Å². The van der Waals surface area contributed by atoms with E-state index in [2.05, 4.69) is 31.1 Å². The molecule has 0 unspecified atom stereocenters. The number of hydrogen-bond donors (Lipinski definition) is 3. The highest BCUT2D eigenvalue weighted by Gasteiger charge is 2.23. The third-order valence-corrected chi connectivity index (χ3v) is 5.13. The number of aromatic amines is 1. The number of hydrogen-bond acceptors (Lipinski definition) is 1. The van der Waals surface area contributed by atoms with Crippen molar-refractivity contribution in [2.45, 2.75) is 27.3 Å². The molecule has 1 aromatic carbocycles. The Morgan fingerprint density at radius 1 is 1.05 bits per heavy atom. The van der Waals surface area contributed by atoms with Gasteiger partial charge in [0.25, 0.3) is 0 Å². The quantitative estimate of drug-likeness (QED) is 0.679. The summed E-state index contributed by atoms with van der Waals surface area (Å²) in [4.78, 5) is 19.6. The number of aryl methyl sites for hydroxylation is 3. The Morgan fingerprint density at radius 3 is 2.36 bits per heavy atom. The molecule has 0 amide bonds. The molecule has 0 radical (unpaired) electrons. The summed E-state index contributed by atoms with van der Waals surface area (Å²) in [6.45, 7) is 11.7. The van der Waals surface area contributed by atoms with Gasteiger partial charge in [-0.2, -0.15) is 0 Å². The van der Waals surface area contributed by atoms with E-state index < -0.39 is 0 Å². The van der Waals surface area contributed by atoms with Gasteiger partial charge in [-0.3, -0.25) is 4.79 Å². The predicted octanol–water partition coefficient (Wildman–Crippen LogP) is -0.633. The molecular formula is C18H27N3O+2. The number of pyridine rings is 1. The highest BCUT2D eigenvalue weighted by molar-refractivity contribution is 5.85. The predicted molar refractivity (Wildman–Crippen MR) is 89.8 cm³/mol. The Bertz CT molecular complexity index is 755. The van der Waals surface area contributed by atoms with Crippen LogP contribution in [0.25, 0.3) is 10.9 Å². The topological polar surface area (TPSA) is 41.7 Å². The lowest BCUT2D eigenvalue weighted by atomic mass is 10.0. The third-order valence-electron chi connectivity index (χ3n) is 5.13. The van der Waals surface area contributed by atoms with E-state index in [1.807, 2.05) is 13.8 Å². The molecule has 1 aromatic heterocycles. The summed E-state index contributed by atoms with van der Waals surface area (Å²) in [5, 5.41) is 0.875.